The molecule has 2 aromatic carbocycles. The quantitative estimate of drug-likeness (QED) is 0.857. The third-order valence-electron chi connectivity index (χ3n) is 2.81. The summed E-state index contributed by atoms with van der Waals surface area (Å²) in [4.78, 5) is -0.454. The largest absolute Gasteiger partial charge is 0.398 e. The van der Waals surface area contributed by atoms with Gasteiger partial charge in [-0.05, 0) is 40.2 Å². The van der Waals surface area contributed by atoms with Crippen LogP contribution in [0.3, 0.4) is 0 Å². The van der Waals surface area contributed by atoms with Crippen molar-refractivity contribution >= 4 is 37.3 Å². The fourth-order valence-electron chi connectivity index (χ4n) is 1.67. The maximum absolute atomic E-state index is 13.9. The number of hydrogen-bond acceptors (Lipinski definition) is 3. The van der Waals surface area contributed by atoms with Crippen LogP contribution in [0, 0.1) is 5.82 Å². The number of nitrogens with two attached hydrogens (primary N) is 1. The minimum absolute atomic E-state index is 0.159. The molecule has 0 aliphatic heterocycles. The Balaban J connectivity index is 2.54. The van der Waals surface area contributed by atoms with Crippen LogP contribution in [0.4, 0.5) is 15.8 Å². The minimum Gasteiger partial charge on any atom is -0.398 e. The maximum atomic E-state index is 13.9. The fourth-order valence-corrected chi connectivity index (χ4v) is 3.26. The third-order valence-corrected chi connectivity index (χ3v) is 5.30. The normalized spacial score (nSPS) is 11.3. The summed E-state index contributed by atoms with van der Waals surface area (Å²) in [6.07, 6.45) is 0. The van der Waals surface area contributed by atoms with E-state index in [0.717, 1.165) is 16.4 Å². The second-order valence-electron chi connectivity index (χ2n) is 4.11. The van der Waals surface area contributed by atoms with Crippen molar-refractivity contribution in [3.05, 3.63) is 52.8 Å². The molecular weight excluding hydrogens is 347 g/mol. The first-order valence-electron chi connectivity index (χ1n) is 5.62. The molecule has 0 heterocycles. The van der Waals surface area contributed by atoms with Gasteiger partial charge in [0.1, 0.15) is 10.7 Å². The molecule has 0 saturated heterocycles. The average Bonchev–Trinajstić information content (AvgIpc) is 2.42. The molecule has 2 aromatic rings. The van der Waals surface area contributed by atoms with Gasteiger partial charge in [-0.25, -0.2) is 12.8 Å². The summed E-state index contributed by atoms with van der Waals surface area (Å²) < 4.78 is 40.1. The van der Waals surface area contributed by atoms with Crippen LogP contribution in [0.15, 0.2) is 51.8 Å². The second-order valence-corrected chi connectivity index (χ2v) is 6.90. The smallest absolute Gasteiger partial charge is 0.267 e. The van der Waals surface area contributed by atoms with Gasteiger partial charge in [-0.2, -0.15) is 0 Å². The number of sulfonamides is 1. The Morgan fingerprint density at radius 1 is 1.20 bits per heavy atom. The van der Waals surface area contributed by atoms with Crippen LogP contribution in [-0.4, -0.2) is 15.5 Å². The highest BCUT2D eigenvalue weighted by atomic mass is 79.9. The Hall–Kier alpha value is -1.60. The molecule has 2 N–H and O–H groups in total. The zero-order chi connectivity index (χ0) is 14.9. The van der Waals surface area contributed by atoms with Crippen molar-refractivity contribution in [1.82, 2.24) is 0 Å². The number of hydrogen-bond donors (Lipinski definition) is 1. The van der Waals surface area contributed by atoms with Crippen molar-refractivity contribution in [3.8, 4) is 0 Å². The Kier molecular flexibility index (Phi) is 4.01. The van der Waals surface area contributed by atoms with Crippen LogP contribution >= 0.6 is 15.9 Å². The lowest BCUT2D eigenvalue weighted by Gasteiger charge is -2.20. The molecule has 7 heteroatoms. The van der Waals surface area contributed by atoms with Gasteiger partial charge in [0.15, 0.2) is 0 Å². The van der Waals surface area contributed by atoms with Crippen molar-refractivity contribution in [3.63, 3.8) is 0 Å². The van der Waals surface area contributed by atoms with E-state index in [1.807, 2.05) is 0 Å². The Morgan fingerprint density at radius 3 is 2.40 bits per heavy atom. The lowest BCUT2D eigenvalue weighted by atomic mass is 10.3. The van der Waals surface area contributed by atoms with E-state index >= 15 is 0 Å². The molecule has 106 valence electrons. The topological polar surface area (TPSA) is 63.4 Å². The zero-order valence-electron chi connectivity index (χ0n) is 10.5. The first-order chi connectivity index (χ1) is 9.34. The summed E-state index contributed by atoms with van der Waals surface area (Å²) in [6, 6.07) is 10.6. The van der Waals surface area contributed by atoms with Gasteiger partial charge in [-0.15, -0.1) is 0 Å². The third kappa shape index (κ3) is 2.64. The molecular formula is C13H12BrFN2O2S. The maximum Gasteiger partial charge on any atom is 0.267 e. The molecule has 4 nitrogen and oxygen atoms in total. The Morgan fingerprint density at radius 2 is 1.80 bits per heavy atom. The summed E-state index contributed by atoms with van der Waals surface area (Å²) in [6.45, 7) is 0. The number of halogens is 2. The summed E-state index contributed by atoms with van der Waals surface area (Å²) in [7, 11) is -2.64. The molecule has 0 saturated carbocycles. The van der Waals surface area contributed by atoms with E-state index in [0.29, 0.717) is 10.2 Å². The summed E-state index contributed by atoms with van der Waals surface area (Å²) in [5.41, 5.74) is 6.23. The molecule has 0 fully saturated rings. The number of nitrogen functional groups attached to an aromatic ring is 1. The van der Waals surface area contributed by atoms with Crippen LogP contribution in [0.5, 0.6) is 0 Å². The van der Waals surface area contributed by atoms with Gasteiger partial charge in [0.2, 0.25) is 0 Å². The van der Waals surface area contributed by atoms with Crippen molar-refractivity contribution in [2.24, 2.45) is 0 Å². The van der Waals surface area contributed by atoms with Gasteiger partial charge in [-0.3, -0.25) is 4.31 Å². The van der Waals surface area contributed by atoms with Crippen molar-refractivity contribution in [2.75, 3.05) is 17.1 Å². The van der Waals surface area contributed by atoms with Gasteiger partial charge < -0.3 is 5.73 Å². The fraction of sp³-hybridized carbons (Fsp3) is 0.0769. The van der Waals surface area contributed by atoms with Gasteiger partial charge in [-0.1, -0.05) is 18.2 Å². The molecule has 0 radical (unpaired) electrons. The van der Waals surface area contributed by atoms with E-state index in [2.05, 4.69) is 15.9 Å². The lowest BCUT2D eigenvalue weighted by Crippen LogP contribution is -2.27. The van der Waals surface area contributed by atoms with Crippen LogP contribution < -0.4 is 10.0 Å². The van der Waals surface area contributed by atoms with Crippen LogP contribution in [0.1, 0.15) is 0 Å². The average molecular weight is 359 g/mol. The molecule has 0 amide bonds. The standard InChI is InChI=1S/C13H12BrFN2O2S/c1-17(9-5-3-2-4-6-9)20(18,19)13-8-12(16)10(14)7-11(13)15/h2-8H,16H2,1H3. The van der Waals surface area contributed by atoms with Crippen molar-refractivity contribution < 1.29 is 12.8 Å². The van der Waals surface area contributed by atoms with E-state index in [4.69, 9.17) is 5.73 Å². The van der Waals surface area contributed by atoms with E-state index in [-0.39, 0.29) is 5.69 Å². The zero-order valence-corrected chi connectivity index (χ0v) is 12.9. The number of anilines is 2. The molecule has 0 aromatic heterocycles. The predicted octanol–water partition coefficient (Wildman–Crippen LogP) is 3.00. The Labute approximate surface area is 125 Å². The van der Waals surface area contributed by atoms with Gasteiger partial charge in [0.25, 0.3) is 10.0 Å². The van der Waals surface area contributed by atoms with Gasteiger partial charge in [0.05, 0.1) is 5.69 Å². The Bertz CT molecular complexity index is 736. The first-order valence-corrected chi connectivity index (χ1v) is 7.86. The molecule has 20 heavy (non-hydrogen) atoms. The van der Waals surface area contributed by atoms with Gasteiger partial charge >= 0.3 is 0 Å². The number of rotatable bonds is 3. The van der Waals surface area contributed by atoms with E-state index in [9.17, 15) is 12.8 Å². The number of para-hydroxylation sites is 1. The molecule has 0 aliphatic rings. The van der Waals surface area contributed by atoms with E-state index < -0.39 is 20.7 Å². The minimum atomic E-state index is -4.00. The predicted molar refractivity (Wildman–Crippen MR) is 80.5 cm³/mol. The van der Waals surface area contributed by atoms with Gasteiger partial charge in [0, 0.05) is 17.2 Å². The molecule has 0 atom stereocenters. The summed E-state index contributed by atoms with van der Waals surface area (Å²) in [5.74, 6) is -0.853. The van der Waals surface area contributed by atoms with Crippen LogP contribution in [0.2, 0.25) is 0 Å². The molecule has 0 spiro atoms. The first kappa shape index (κ1) is 14.8. The SMILES string of the molecule is CN(c1ccccc1)S(=O)(=O)c1cc(N)c(Br)cc1F. The van der Waals surface area contributed by atoms with Crippen molar-refractivity contribution in [1.29, 1.82) is 0 Å². The number of nitrogens with zero attached hydrogens (tertiary/aromatic N) is 1. The van der Waals surface area contributed by atoms with E-state index in [1.54, 1.807) is 30.3 Å². The highest BCUT2D eigenvalue weighted by molar-refractivity contribution is 9.10. The second kappa shape index (κ2) is 5.41. The van der Waals surface area contributed by atoms with Crippen LogP contribution in [0.25, 0.3) is 0 Å². The lowest BCUT2D eigenvalue weighted by molar-refractivity contribution is 0.565. The molecule has 0 aliphatic carbocycles. The molecule has 2 rings (SSSR count). The van der Waals surface area contributed by atoms with Crippen LogP contribution in [-0.2, 0) is 10.0 Å². The monoisotopic (exact) mass is 358 g/mol. The van der Waals surface area contributed by atoms with Crippen molar-refractivity contribution in [2.45, 2.75) is 4.90 Å². The number of benzene rings is 2. The highest BCUT2D eigenvalue weighted by Crippen LogP contribution is 2.29. The summed E-state index contributed by atoms with van der Waals surface area (Å²) in [5, 5.41) is 0. The molecule has 0 bridgehead atoms. The highest BCUT2D eigenvalue weighted by Gasteiger charge is 2.25. The van der Waals surface area contributed by atoms with E-state index in [1.165, 1.54) is 7.05 Å². The molecule has 0 unspecified atom stereocenters. The summed E-state index contributed by atoms with van der Waals surface area (Å²) >= 11 is 3.06.